The summed E-state index contributed by atoms with van der Waals surface area (Å²) in [4.78, 5) is 20.9. The molecule has 0 spiro atoms. The van der Waals surface area contributed by atoms with Crippen molar-refractivity contribution in [2.24, 2.45) is 0 Å². The Morgan fingerprint density at radius 3 is 0.767 bits per heavy atom. The van der Waals surface area contributed by atoms with Gasteiger partial charge in [-0.05, 0) is 108 Å². The molecule has 0 aliphatic rings. The summed E-state index contributed by atoms with van der Waals surface area (Å²) in [5.41, 5.74) is 18.8. The highest BCUT2D eigenvalue weighted by molar-refractivity contribution is 6.13. The normalized spacial score (nSPS) is 11.4. The van der Waals surface area contributed by atoms with Gasteiger partial charge in [0.05, 0.1) is 79.0 Å². The molecule has 6 heterocycles. The van der Waals surface area contributed by atoms with Crippen molar-refractivity contribution in [1.82, 2.24) is 29.1 Å². The van der Waals surface area contributed by atoms with Crippen LogP contribution in [-0.2, 0) is 0 Å². The highest BCUT2D eigenvalue weighted by Gasteiger charge is 2.25. The van der Waals surface area contributed by atoms with Crippen LogP contribution < -0.4 is 0 Å². The number of rotatable bonds is 11. The summed E-state index contributed by atoms with van der Waals surface area (Å²) in [6.45, 7) is 0. The van der Waals surface area contributed by atoms with Crippen LogP contribution in [0.2, 0.25) is 0 Å². The number of hydrogen-bond donors (Lipinski definition) is 0. The fourth-order valence-corrected chi connectivity index (χ4v) is 12.6. The first-order valence-corrected chi connectivity index (χ1v) is 29.7. The van der Waals surface area contributed by atoms with Crippen molar-refractivity contribution in [2.45, 2.75) is 0 Å². The Morgan fingerprint density at radius 1 is 0.244 bits per heavy atom. The van der Waals surface area contributed by atoms with Gasteiger partial charge in [-0.3, -0.25) is 0 Å². The summed E-state index contributed by atoms with van der Waals surface area (Å²) in [5.74, 6) is -1.47. The number of benzene rings is 10. The molecule has 0 saturated carbocycles. The van der Waals surface area contributed by atoms with Crippen molar-refractivity contribution in [2.75, 3.05) is 0 Å². The van der Waals surface area contributed by atoms with Gasteiger partial charge in [0.15, 0.2) is 0 Å². The molecule has 0 saturated heterocycles. The van der Waals surface area contributed by atoms with Gasteiger partial charge in [-0.25, -0.2) is 28.7 Å². The van der Waals surface area contributed by atoms with Crippen LogP contribution in [0.1, 0.15) is 5.56 Å². The minimum absolute atomic E-state index is 0.288. The van der Waals surface area contributed by atoms with Gasteiger partial charge < -0.3 is 9.13 Å². The van der Waals surface area contributed by atoms with Gasteiger partial charge in [0, 0.05) is 72.1 Å². The van der Waals surface area contributed by atoms with Crippen molar-refractivity contribution in [3.63, 3.8) is 0 Å². The van der Waals surface area contributed by atoms with Crippen molar-refractivity contribution >= 4 is 43.6 Å². The maximum Gasteiger partial charge on any atom is 0.126 e. The quantitative estimate of drug-likeness (QED) is 0.129. The standard InChI is InChI=1S/C81H49F2N7/c82-61-41-59(42-62(83)49-61)60-47-80(89-76-43-55(72-29-13-25-68(85-72)51-17-5-1-6-18-51)33-37-63(76)64-38-34-56(44-77(64)89)73-30-14-26-69(86-73)52-19-7-2-8-20-52)67(50-84)81(48-60)90-78-45-57(74-31-15-27-70(87-74)53-21-9-3-10-22-53)35-39-65(78)66-40-36-58(46-79(66)90)75-32-16-28-71(88-75)54-23-11-4-12-24-54/h1-49H. The molecule has 9 heteroatoms. The van der Waals surface area contributed by atoms with Gasteiger partial charge >= 0.3 is 0 Å². The second-order valence-electron chi connectivity index (χ2n) is 22.4. The van der Waals surface area contributed by atoms with E-state index >= 15 is 8.78 Å². The number of nitrogens with zero attached hydrogens (tertiary/aromatic N) is 7. The molecule has 90 heavy (non-hydrogen) atoms. The summed E-state index contributed by atoms with van der Waals surface area (Å²) in [6.07, 6.45) is 0. The molecule has 0 bridgehead atoms. The van der Waals surface area contributed by atoms with E-state index in [0.717, 1.165) is 140 Å². The van der Waals surface area contributed by atoms with Crippen LogP contribution in [0.3, 0.4) is 0 Å². The van der Waals surface area contributed by atoms with Crippen molar-refractivity contribution in [3.8, 4) is 119 Å². The van der Waals surface area contributed by atoms with Gasteiger partial charge in [0.2, 0.25) is 0 Å². The Hall–Kier alpha value is -12.3. The van der Waals surface area contributed by atoms with Crippen LogP contribution in [0.25, 0.3) is 156 Å². The van der Waals surface area contributed by atoms with Gasteiger partial charge in [0.1, 0.15) is 23.3 Å². The van der Waals surface area contributed by atoms with Crippen LogP contribution in [0.15, 0.2) is 297 Å². The van der Waals surface area contributed by atoms with E-state index in [2.05, 4.69) is 88.0 Å². The molecule has 0 atom stereocenters. The van der Waals surface area contributed by atoms with E-state index in [0.29, 0.717) is 22.5 Å². The molecule has 10 aromatic carbocycles. The fraction of sp³-hybridized carbons (Fsp3) is 0. The third kappa shape index (κ3) is 9.62. The predicted octanol–water partition coefficient (Wildman–Crippen LogP) is 20.6. The van der Waals surface area contributed by atoms with E-state index in [1.807, 2.05) is 206 Å². The van der Waals surface area contributed by atoms with Crippen molar-refractivity contribution in [1.29, 1.82) is 5.26 Å². The van der Waals surface area contributed by atoms with Crippen LogP contribution in [0.4, 0.5) is 8.78 Å². The zero-order valence-corrected chi connectivity index (χ0v) is 48.2. The smallest absolute Gasteiger partial charge is 0.126 e. The fourth-order valence-electron chi connectivity index (χ4n) is 12.6. The predicted molar refractivity (Wildman–Crippen MR) is 360 cm³/mol. The molecule has 7 nitrogen and oxygen atoms in total. The molecule has 0 amide bonds. The molecule has 16 aromatic rings. The number of hydrogen-bond acceptors (Lipinski definition) is 5. The largest absolute Gasteiger partial charge is 0.308 e. The lowest BCUT2D eigenvalue weighted by atomic mass is 9.99. The summed E-state index contributed by atoms with van der Waals surface area (Å²) in [5, 5.41) is 15.9. The second kappa shape index (κ2) is 22.2. The lowest BCUT2D eigenvalue weighted by molar-refractivity contribution is 0.584. The Morgan fingerprint density at radius 2 is 0.500 bits per heavy atom. The molecule has 422 valence electrons. The summed E-state index contributed by atoms with van der Waals surface area (Å²) in [7, 11) is 0. The minimum atomic E-state index is -0.735. The SMILES string of the molecule is N#Cc1c(-n2c3cc(-c4cccc(-c5ccccc5)n4)ccc3c3ccc(-c4cccc(-c5ccccc5)n4)cc32)cc(-c2cc(F)cc(F)c2)cc1-n1c2cc(-c3cccc(-c4ccccc4)n3)ccc2c2ccc(-c3cccc(-c4ccccc4)n3)cc21. The van der Waals surface area contributed by atoms with E-state index < -0.39 is 11.6 Å². The summed E-state index contributed by atoms with van der Waals surface area (Å²) < 4.78 is 36.0. The molecular weight excluding hydrogens is 1110 g/mol. The highest BCUT2D eigenvalue weighted by atomic mass is 19.1. The van der Waals surface area contributed by atoms with E-state index in [1.54, 1.807) is 0 Å². The van der Waals surface area contributed by atoms with Crippen LogP contribution in [0.5, 0.6) is 0 Å². The van der Waals surface area contributed by atoms with Gasteiger partial charge in [-0.15, -0.1) is 0 Å². The van der Waals surface area contributed by atoms with E-state index in [1.165, 1.54) is 12.1 Å². The van der Waals surface area contributed by atoms with Gasteiger partial charge in [-0.2, -0.15) is 5.26 Å². The molecular formula is C81H49F2N7. The molecule has 0 radical (unpaired) electrons. The number of pyridine rings is 4. The highest BCUT2D eigenvalue weighted by Crippen LogP contribution is 2.44. The minimum Gasteiger partial charge on any atom is -0.308 e. The molecule has 0 N–H and O–H groups in total. The summed E-state index contributed by atoms with van der Waals surface area (Å²) >= 11 is 0. The lowest BCUT2D eigenvalue weighted by Crippen LogP contribution is -2.06. The Kier molecular flexibility index (Phi) is 13.2. The lowest BCUT2D eigenvalue weighted by Gasteiger charge is -2.19. The molecule has 0 fully saturated rings. The number of nitriles is 1. The number of halogens is 2. The Balaban J connectivity index is 0.997. The number of fused-ring (bicyclic) bond motifs is 6. The molecule has 0 aliphatic heterocycles. The second-order valence-corrected chi connectivity index (χ2v) is 22.4. The zero-order chi connectivity index (χ0) is 60.2. The Labute approximate surface area is 517 Å². The molecule has 6 aromatic heterocycles. The average Bonchev–Trinajstić information content (AvgIpc) is 2.01. The first kappa shape index (κ1) is 53.2. The van der Waals surface area contributed by atoms with Crippen LogP contribution in [0, 0.1) is 23.0 Å². The Bertz CT molecular complexity index is 4910. The van der Waals surface area contributed by atoms with E-state index in [9.17, 15) is 5.26 Å². The van der Waals surface area contributed by atoms with Crippen LogP contribution >= 0.6 is 0 Å². The summed E-state index contributed by atoms with van der Waals surface area (Å²) in [6, 6.07) is 100.0. The topological polar surface area (TPSA) is 85.2 Å². The van der Waals surface area contributed by atoms with E-state index in [-0.39, 0.29) is 5.56 Å². The zero-order valence-electron chi connectivity index (χ0n) is 48.2. The first-order chi connectivity index (χ1) is 44.3. The van der Waals surface area contributed by atoms with Crippen molar-refractivity contribution < 1.29 is 8.78 Å². The van der Waals surface area contributed by atoms with E-state index in [4.69, 9.17) is 19.9 Å². The monoisotopic (exact) mass is 1160 g/mol. The van der Waals surface area contributed by atoms with Gasteiger partial charge in [0.25, 0.3) is 0 Å². The molecule has 16 rings (SSSR count). The third-order valence-corrected chi connectivity index (χ3v) is 16.9. The average molecular weight is 1160 g/mol. The molecule has 0 aliphatic carbocycles. The maximum atomic E-state index is 15.9. The number of aromatic nitrogens is 6. The third-order valence-electron chi connectivity index (χ3n) is 16.9. The van der Waals surface area contributed by atoms with Gasteiger partial charge in [-0.1, -0.05) is 194 Å². The van der Waals surface area contributed by atoms with Crippen LogP contribution in [-0.4, -0.2) is 29.1 Å². The van der Waals surface area contributed by atoms with Crippen molar-refractivity contribution in [3.05, 3.63) is 314 Å². The molecule has 0 unspecified atom stereocenters. The first-order valence-electron chi connectivity index (χ1n) is 29.7. The maximum absolute atomic E-state index is 15.9.